The molecule has 0 aliphatic carbocycles. The van der Waals surface area contributed by atoms with Gasteiger partial charge in [-0.1, -0.05) is 122 Å². The minimum Gasteiger partial charge on any atom is -0.657 e. The molecular formula is C88H92N8NiO2. The molecule has 10 nitrogen and oxygen atoms in total. The summed E-state index contributed by atoms with van der Waals surface area (Å²) < 4.78 is 13.5. The van der Waals surface area contributed by atoms with Crippen LogP contribution in [-0.4, -0.2) is 43.1 Å². The first-order valence-electron chi connectivity index (χ1n) is 35.7. The van der Waals surface area contributed by atoms with E-state index in [0.29, 0.717) is 13.2 Å². The van der Waals surface area contributed by atoms with Gasteiger partial charge in [-0.2, -0.15) is 0 Å². The van der Waals surface area contributed by atoms with Crippen LogP contribution < -0.4 is 19.4 Å². The number of aromatic nitrogens is 8. The Morgan fingerprint density at radius 1 is 0.333 bits per heavy atom. The first-order valence-corrected chi connectivity index (χ1v) is 35.7. The summed E-state index contributed by atoms with van der Waals surface area (Å²) in [6.45, 7) is 28.6. The molecule has 0 amide bonds. The quantitative estimate of drug-likeness (QED) is 0.127. The fourth-order valence-corrected chi connectivity index (χ4v) is 16.5. The summed E-state index contributed by atoms with van der Waals surface area (Å²) in [4.78, 5) is 39.0. The Morgan fingerprint density at radius 2 is 0.636 bits per heavy atom. The van der Waals surface area contributed by atoms with E-state index < -0.39 is 0 Å². The molecule has 0 fully saturated rings. The number of nitrogens with zero attached hydrogens (tertiary/aromatic N) is 4. The number of hydrogen-bond acceptors (Lipinski definition) is 4. The number of nitrogens with one attached hydrogen (secondary N) is 4. The van der Waals surface area contributed by atoms with Crippen molar-refractivity contribution in [2.24, 2.45) is 0 Å². The molecule has 11 aromatic rings. The van der Waals surface area contributed by atoms with Crippen molar-refractivity contribution in [1.29, 1.82) is 0 Å². The van der Waals surface area contributed by atoms with Crippen molar-refractivity contribution in [1.82, 2.24) is 39.9 Å². The second kappa shape index (κ2) is 26.4. The zero-order valence-corrected chi connectivity index (χ0v) is 60.6. The summed E-state index contributed by atoms with van der Waals surface area (Å²) in [5.41, 5.74) is 30.2. The Labute approximate surface area is 594 Å². The predicted molar refractivity (Wildman–Crippen MR) is 404 cm³/mol. The maximum absolute atomic E-state index is 6.77. The Bertz CT molecular complexity index is 4690. The molecule has 0 saturated heterocycles. The Morgan fingerprint density at radius 3 is 0.980 bits per heavy atom. The van der Waals surface area contributed by atoms with E-state index in [0.717, 1.165) is 165 Å². The van der Waals surface area contributed by atoms with Crippen LogP contribution in [0.2, 0.25) is 0 Å². The van der Waals surface area contributed by atoms with Gasteiger partial charge in [-0.25, -0.2) is 9.97 Å². The standard InChI is InChI=1S/C88H92N8O2.Ni/c1-53-47-55(3)79(56(4)48-53)83-67-31-27-63(89-67)81-59-23-21-25-61(51-59)97-45-19-15-13-17-43-87(11)75-39-35-71(93-75)85(7,8)72-36-40-76(94-72)88(12,78-42-38-74(96-78)86(9,10)73-37-41-77(87)95-73)44-18-14-16-20-46-98-62-26-22-24-60(52-62)82(64-28-32-68(83)90-64)66-30-34-70(92-66)84(69-33-29-65(81)91-69)80-57(5)49-54(2)50-58(80)6;/h21-42,47-52,93-96H,13-20,43-46H2,1-12H3;/q-2;+2. The summed E-state index contributed by atoms with van der Waals surface area (Å²) in [5, 5.41) is 0. The molecule has 506 valence electrons. The summed E-state index contributed by atoms with van der Waals surface area (Å²) in [7, 11) is 0. The minimum absolute atomic E-state index is 0. The molecule has 18 rings (SSSR count). The molecule has 0 unspecified atom stereocenters. The van der Waals surface area contributed by atoms with Gasteiger partial charge in [0.25, 0.3) is 0 Å². The number of hydrogen-bond donors (Lipinski definition) is 4. The smallest absolute Gasteiger partial charge is 0.657 e. The van der Waals surface area contributed by atoms with Gasteiger partial charge in [0.1, 0.15) is 11.5 Å². The van der Waals surface area contributed by atoms with Gasteiger partial charge in [-0.3, -0.25) is 0 Å². The number of aryl methyl sites for hydroxylation is 6. The SMILES string of the molecule is Cc1cc(C)c(-c2c3nc(c4c5ccc([n-]5)c(-c5c(C)cc(C)cc5C)c5nc(c(c6ccc2[n-]6)-c2cccc(c2)OCCCCCCC2(C)c6ccc([nH]6)C(C)(C)c6ccc([nH]6)C(C)(CCCCCCOc6cccc-4c6)c4ccc([nH]4)C(C)(C)c4ccc2[nH]4)C=C5)C=C3)c(C)c1.[Ni+2]. The van der Waals surface area contributed by atoms with Gasteiger partial charge in [-0.05, 0) is 273 Å². The summed E-state index contributed by atoms with van der Waals surface area (Å²) in [5.74, 6) is 1.62. The average Bonchev–Trinajstić information content (AvgIpc) is 1.60. The van der Waals surface area contributed by atoms with E-state index in [1.54, 1.807) is 0 Å². The zero-order chi connectivity index (χ0) is 67.8. The molecule has 99 heavy (non-hydrogen) atoms. The normalized spacial score (nSPS) is 18.5. The van der Waals surface area contributed by atoms with E-state index in [2.05, 4.69) is 273 Å². The van der Waals surface area contributed by atoms with Crippen LogP contribution in [0.15, 0.2) is 146 Å². The van der Waals surface area contributed by atoms with Gasteiger partial charge >= 0.3 is 16.5 Å². The topological polar surface area (TPSA) is 136 Å². The van der Waals surface area contributed by atoms with Crippen molar-refractivity contribution in [3.8, 4) is 56.0 Å². The second-order valence-electron chi connectivity index (χ2n) is 30.0. The Hall–Kier alpha value is -9.31. The molecule has 4 N–H and O–H groups in total. The van der Waals surface area contributed by atoms with E-state index in [-0.39, 0.29) is 38.2 Å². The molecule has 14 heterocycles. The minimum atomic E-state index is -0.312. The third kappa shape index (κ3) is 12.3. The summed E-state index contributed by atoms with van der Waals surface area (Å²) >= 11 is 0. The van der Waals surface area contributed by atoms with E-state index in [4.69, 9.17) is 29.4 Å². The molecular weight excluding hydrogens is 1260 g/mol. The summed E-state index contributed by atoms with van der Waals surface area (Å²) in [6, 6.07) is 53.5. The van der Waals surface area contributed by atoms with Crippen LogP contribution in [0, 0.1) is 41.5 Å². The predicted octanol–water partition coefficient (Wildman–Crippen LogP) is 21.7. The van der Waals surface area contributed by atoms with Crippen LogP contribution in [-0.2, 0) is 38.2 Å². The van der Waals surface area contributed by atoms with Crippen LogP contribution >= 0.6 is 0 Å². The fraction of sp³-hybridized carbons (Fsp3) is 0.318. The number of benzene rings is 4. The maximum Gasteiger partial charge on any atom is 2.00 e. The van der Waals surface area contributed by atoms with Gasteiger partial charge in [0.15, 0.2) is 0 Å². The third-order valence-electron chi connectivity index (χ3n) is 22.2. The molecule has 0 atom stereocenters. The van der Waals surface area contributed by atoms with Crippen LogP contribution in [0.3, 0.4) is 0 Å². The van der Waals surface area contributed by atoms with Crippen LogP contribution in [0.4, 0.5) is 0 Å². The average molecular weight is 1350 g/mol. The molecule has 4 aromatic carbocycles. The monoisotopic (exact) mass is 1350 g/mol. The molecule has 7 aromatic heterocycles. The van der Waals surface area contributed by atoms with Crippen LogP contribution in [0.5, 0.6) is 11.5 Å². The maximum atomic E-state index is 6.77. The number of H-pyrrole nitrogens is 4. The van der Waals surface area contributed by atoms with Gasteiger partial charge in [0.05, 0.1) is 36.0 Å². The van der Waals surface area contributed by atoms with E-state index in [9.17, 15) is 0 Å². The largest absolute Gasteiger partial charge is 2.00 e. The first-order chi connectivity index (χ1) is 47.2. The molecule has 0 saturated carbocycles. The number of ether oxygens (including phenoxy) is 2. The van der Waals surface area contributed by atoms with Gasteiger partial charge in [0, 0.05) is 67.2 Å². The van der Waals surface area contributed by atoms with Crippen molar-refractivity contribution in [2.75, 3.05) is 13.2 Å². The Balaban J connectivity index is 0.00000836. The van der Waals surface area contributed by atoms with Gasteiger partial charge in [0.2, 0.25) is 0 Å². The van der Waals surface area contributed by atoms with Crippen molar-refractivity contribution in [3.05, 3.63) is 247 Å². The van der Waals surface area contributed by atoms with E-state index >= 15 is 0 Å². The molecule has 7 aliphatic rings. The van der Waals surface area contributed by atoms with Crippen LogP contribution in [0.25, 0.3) is 90.9 Å². The van der Waals surface area contributed by atoms with Crippen molar-refractivity contribution in [3.63, 3.8) is 0 Å². The second-order valence-corrected chi connectivity index (χ2v) is 30.0. The molecule has 24 bridgehead atoms. The molecule has 0 spiro atoms. The zero-order valence-electron chi connectivity index (χ0n) is 59.6. The number of aromatic amines is 4. The molecule has 0 radical (unpaired) electrons. The van der Waals surface area contributed by atoms with Crippen LogP contribution in [0.1, 0.15) is 207 Å². The van der Waals surface area contributed by atoms with E-state index in [1.807, 2.05) is 0 Å². The van der Waals surface area contributed by atoms with Crippen molar-refractivity contribution < 1.29 is 26.0 Å². The molecule has 11 heteroatoms. The third-order valence-corrected chi connectivity index (χ3v) is 22.2. The number of rotatable bonds is 2. The summed E-state index contributed by atoms with van der Waals surface area (Å²) in [6.07, 6.45) is 18.8. The first kappa shape index (κ1) is 66.9. The van der Waals surface area contributed by atoms with Gasteiger partial charge < -0.3 is 39.4 Å². The van der Waals surface area contributed by atoms with Crippen molar-refractivity contribution >= 4 is 46.4 Å². The van der Waals surface area contributed by atoms with Gasteiger partial charge in [-0.15, -0.1) is 22.1 Å². The Kier molecular flexibility index (Phi) is 17.9. The van der Waals surface area contributed by atoms with E-state index in [1.165, 1.54) is 78.9 Å². The molecule has 7 aliphatic heterocycles. The fourth-order valence-electron chi connectivity index (χ4n) is 16.5. The van der Waals surface area contributed by atoms with Crippen molar-refractivity contribution in [2.45, 2.75) is 169 Å².